The minimum atomic E-state index is -0.495. The normalized spacial score (nSPS) is 10.3. The second-order valence-corrected chi connectivity index (χ2v) is 4.78. The Balaban J connectivity index is 3.08. The first-order chi connectivity index (χ1) is 9.88. The molecule has 0 atom stereocenters. The molecule has 1 aromatic heterocycles. The van der Waals surface area contributed by atoms with E-state index in [1.807, 2.05) is 20.8 Å². The SMILES string of the molecule is CCN(CC(=O)NC(C)C)c1nc(NC)ccc1[N+](=O)[O-]. The maximum absolute atomic E-state index is 11.9. The maximum atomic E-state index is 11.9. The van der Waals surface area contributed by atoms with Crippen molar-refractivity contribution in [2.75, 3.05) is 30.4 Å². The molecule has 8 heteroatoms. The lowest BCUT2D eigenvalue weighted by atomic mass is 10.3. The summed E-state index contributed by atoms with van der Waals surface area (Å²) in [6.07, 6.45) is 0. The monoisotopic (exact) mass is 295 g/mol. The first-order valence-corrected chi connectivity index (χ1v) is 6.76. The lowest BCUT2D eigenvalue weighted by Crippen LogP contribution is -2.40. The molecule has 0 aliphatic rings. The van der Waals surface area contributed by atoms with Crippen molar-refractivity contribution in [2.45, 2.75) is 26.8 Å². The zero-order valence-corrected chi connectivity index (χ0v) is 12.7. The molecule has 0 aliphatic heterocycles. The molecule has 1 amide bonds. The third-order valence-corrected chi connectivity index (χ3v) is 2.77. The lowest BCUT2D eigenvalue weighted by molar-refractivity contribution is -0.384. The molecule has 0 unspecified atom stereocenters. The molecule has 0 aromatic carbocycles. The molecule has 0 saturated heterocycles. The van der Waals surface area contributed by atoms with Gasteiger partial charge in [-0.25, -0.2) is 4.98 Å². The number of nitrogens with one attached hydrogen (secondary N) is 2. The van der Waals surface area contributed by atoms with Gasteiger partial charge in [-0.2, -0.15) is 0 Å². The van der Waals surface area contributed by atoms with Crippen LogP contribution in [-0.2, 0) is 4.79 Å². The van der Waals surface area contributed by atoms with Crippen LogP contribution in [0, 0.1) is 10.1 Å². The largest absolute Gasteiger partial charge is 0.373 e. The van der Waals surface area contributed by atoms with Gasteiger partial charge in [0.2, 0.25) is 11.7 Å². The van der Waals surface area contributed by atoms with Gasteiger partial charge in [0, 0.05) is 25.7 Å². The topological polar surface area (TPSA) is 100 Å². The van der Waals surface area contributed by atoms with Gasteiger partial charge in [0.25, 0.3) is 0 Å². The van der Waals surface area contributed by atoms with Gasteiger partial charge >= 0.3 is 5.69 Å². The van der Waals surface area contributed by atoms with Crippen LogP contribution in [0.5, 0.6) is 0 Å². The molecule has 0 saturated carbocycles. The lowest BCUT2D eigenvalue weighted by Gasteiger charge is -2.22. The van der Waals surface area contributed by atoms with Gasteiger partial charge in [0.1, 0.15) is 5.82 Å². The van der Waals surface area contributed by atoms with E-state index in [-0.39, 0.29) is 30.0 Å². The van der Waals surface area contributed by atoms with Crippen molar-refractivity contribution in [3.05, 3.63) is 22.2 Å². The van der Waals surface area contributed by atoms with E-state index in [1.54, 1.807) is 11.9 Å². The highest BCUT2D eigenvalue weighted by Gasteiger charge is 2.22. The van der Waals surface area contributed by atoms with Crippen molar-refractivity contribution in [1.29, 1.82) is 0 Å². The molecule has 0 radical (unpaired) electrons. The van der Waals surface area contributed by atoms with Crippen LogP contribution in [0.15, 0.2) is 12.1 Å². The number of likely N-dealkylation sites (N-methyl/N-ethyl adjacent to an activating group) is 1. The molecule has 0 spiro atoms. The third-order valence-electron chi connectivity index (χ3n) is 2.77. The van der Waals surface area contributed by atoms with E-state index in [1.165, 1.54) is 12.1 Å². The van der Waals surface area contributed by atoms with E-state index in [0.29, 0.717) is 12.4 Å². The summed E-state index contributed by atoms with van der Waals surface area (Å²) in [6.45, 7) is 6.00. The molecule has 0 fully saturated rings. The van der Waals surface area contributed by atoms with Crippen LogP contribution in [0.3, 0.4) is 0 Å². The number of amides is 1. The van der Waals surface area contributed by atoms with Crippen LogP contribution in [-0.4, -0.2) is 42.0 Å². The number of hydrogen-bond donors (Lipinski definition) is 2. The van der Waals surface area contributed by atoms with Gasteiger partial charge in [-0.1, -0.05) is 0 Å². The fourth-order valence-electron chi connectivity index (χ4n) is 1.83. The van der Waals surface area contributed by atoms with Crippen molar-refractivity contribution in [1.82, 2.24) is 10.3 Å². The number of carbonyl (C=O) groups is 1. The Bertz CT molecular complexity index is 519. The predicted molar refractivity (Wildman–Crippen MR) is 81.6 cm³/mol. The molecule has 1 aromatic rings. The van der Waals surface area contributed by atoms with E-state index >= 15 is 0 Å². The second kappa shape index (κ2) is 7.41. The van der Waals surface area contributed by atoms with Crippen LogP contribution in [0.25, 0.3) is 0 Å². The Hall–Kier alpha value is -2.38. The third kappa shape index (κ3) is 4.59. The van der Waals surface area contributed by atoms with Crippen LogP contribution in [0.1, 0.15) is 20.8 Å². The number of rotatable bonds is 7. The highest BCUT2D eigenvalue weighted by molar-refractivity contribution is 5.82. The van der Waals surface area contributed by atoms with Crippen LogP contribution in [0.4, 0.5) is 17.3 Å². The number of hydrogen-bond acceptors (Lipinski definition) is 6. The first-order valence-electron chi connectivity index (χ1n) is 6.76. The Kier molecular flexibility index (Phi) is 5.89. The smallest absolute Gasteiger partial charge is 0.311 e. The summed E-state index contributed by atoms with van der Waals surface area (Å²) >= 11 is 0. The van der Waals surface area contributed by atoms with Gasteiger partial charge < -0.3 is 15.5 Å². The number of pyridine rings is 1. The summed E-state index contributed by atoms with van der Waals surface area (Å²) in [5, 5.41) is 16.7. The molecule has 0 bridgehead atoms. The minimum Gasteiger partial charge on any atom is -0.373 e. The summed E-state index contributed by atoms with van der Waals surface area (Å²) in [6, 6.07) is 2.93. The zero-order chi connectivity index (χ0) is 16.0. The Labute approximate surface area is 123 Å². The molecule has 21 heavy (non-hydrogen) atoms. The van der Waals surface area contributed by atoms with Crippen molar-refractivity contribution < 1.29 is 9.72 Å². The van der Waals surface area contributed by atoms with Crippen molar-refractivity contribution in [3.63, 3.8) is 0 Å². The Morgan fingerprint density at radius 3 is 2.62 bits per heavy atom. The highest BCUT2D eigenvalue weighted by atomic mass is 16.6. The molecule has 0 aliphatic carbocycles. The number of nitro groups is 1. The molecule has 2 N–H and O–H groups in total. The zero-order valence-electron chi connectivity index (χ0n) is 12.7. The van der Waals surface area contributed by atoms with E-state index in [9.17, 15) is 14.9 Å². The molecular formula is C13H21N5O3. The summed E-state index contributed by atoms with van der Waals surface area (Å²) in [5.74, 6) is 0.504. The van der Waals surface area contributed by atoms with Gasteiger partial charge in [-0.15, -0.1) is 0 Å². The maximum Gasteiger partial charge on any atom is 0.311 e. The molecule has 116 valence electrons. The standard InChI is InChI=1S/C13H21N5O3/c1-5-17(8-12(19)15-9(2)3)13-10(18(20)21)6-7-11(14-4)16-13/h6-7,9H,5,8H2,1-4H3,(H,14,16)(H,15,19). The number of nitrogens with zero attached hydrogens (tertiary/aromatic N) is 3. The van der Waals surface area contributed by atoms with Crippen molar-refractivity contribution in [3.8, 4) is 0 Å². The quantitative estimate of drug-likeness (QED) is 0.582. The van der Waals surface area contributed by atoms with Gasteiger partial charge in [-0.3, -0.25) is 14.9 Å². The second-order valence-electron chi connectivity index (χ2n) is 4.78. The average Bonchev–Trinajstić information content (AvgIpc) is 2.43. The minimum absolute atomic E-state index is 0.0165. The summed E-state index contributed by atoms with van der Waals surface area (Å²) in [4.78, 5) is 28.3. The number of aromatic nitrogens is 1. The Morgan fingerprint density at radius 2 is 2.14 bits per heavy atom. The highest BCUT2D eigenvalue weighted by Crippen LogP contribution is 2.27. The fourth-order valence-corrected chi connectivity index (χ4v) is 1.83. The van der Waals surface area contributed by atoms with Crippen LogP contribution < -0.4 is 15.5 Å². The van der Waals surface area contributed by atoms with Crippen LogP contribution >= 0.6 is 0 Å². The predicted octanol–water partition coefficient (Wildman–Crippen LogP) is 1.38. The van der Waals surface area contributed by atoms with Crippen molar-refractivity contribution >= 4 is 23.2 Å². The van der Waals surface area contributed by atoms with Gasteiger partial charge in [0.15, 0.2) is 0 Å². The first kappa shape index (κ1) is 16.7. The van der Waals surface area contributed by atoms with Gasteiger partial charge in [0.05, 0.1) is 11.5 Å². The molecular weight excluding hydrogens is 274 g/mol. The average molecular weight is 295 g/mol. The Morgan fingerprint density at radius 1 is 1.48 bits per heavy atom. The molecule has 1 rings (SSSR count). The van der Waals surface area contributed by atoms with E-state index in [0.717, 1.165) is 0 Å². The molecule has 8 nitrogen and oxygen atoms in total. The number of carbonyl (C=O) groups excluding carboxylic acids is 1. The van der Waals surface area contributed by atoms with Gasteiger partial charge in [-0.05, 0) is 26.8 Å². The fraction of sp³-hybridized carbons (Fsp3) is 0.538. The van der Waals surface area contributed by atoms with Crippen molar-refractivity contribution in [2.24, 2.45) is 0 Å². The summed E-state index contributed by atoms with van der Waals surface area (Å²) in [7, 11) is 1.68. The van der Waals surface area contributed by atoms with Crippen LogP contribution in [0.2, 0.25) is 0 Å². The van der Waals surface area contributed by atoms with E-state index in [4.69, 9.17) is 0 Å². The molecule has 1 heterocycles. The summed E-state index contributed by atoms with van der Waals surface area (Å²) in [5.41, 5.74) is -0.117. The van der Waals surface area contributed by atoms with E-state index in [2.05, 4.69) is 15.6 Å². The summed E-state index contributed by atoms with van der Waals surface area (Å²) < 4.78 is 0. The number of anilines is 2. The van der Waals surface area contributed by atoms with E-state index < -0.39 is 4.92 Å².